The maximum atomic E-state index is 2.17. The summed E-state index contributed by atoms with van der Waals surface area (Å²) in [4.78, 5) is 0. The second kappa shape index (κ2) is 38.1. The van der Waals surface area contributed by atoms with Crippen molar-refractivity contribution in [3.8, 4) is 0 Å². The van der Waals surface area contributed by atoms with E-state index in [-0.39, 0.29) is 0 Å². The standard InChI is InChI=1S/C110H84/c1-3-7-85(8-4-1)11-13-87-15-19-89(20-16-87)23-25-91-27-31-93(32-28-91)35-37-95-39-43-97(44-40-95)47-49-99-51-55-101(56-52-99)59-61-103-63-67-105(68-64-103)71-73-107-75-79-109(80-76-107)83-84-110-81-77-108(78-82-110)74-72-106-69-65-104(66-70-106)62-60-102-57-53-100(54-58-102)50-48-98-45-41-96(42-46-98)38-36-94-33-29-92(30-34-94)26-24-90-21-17-88(18-22-90)14-12-86-9-5-2-6-10-86/h1-84H/b13-11+,14-12+,25-23+,26-24+,37-35+,38-36+,49-47+,50-48+,61-59-,62-60+,73-71+,74-72+,84-83+. The Balaban J connectivity index is 0.467. The van der Waals surface area contributed by atoms with E-state index in [0.717, 1.165) is 89.0 Å². The fraction of sp³-hybridized carbons (Fsp3) is 0. The Kier molecular flexibility index (Phi) is 25.2. The van der Waals surface area contributed by atoms with Gasteiger partial charge >= 0.3 is 0 Å². The zero-order valence-electron chi connectivity index (χ0n) is 61.5. The van der Waals surface area contributed by atoms with Crippen LogP contribution in [-0.4, -0.2) is 0 Å². The van der Waals surface area contributed by atoms with Crippen LogP contribution in [0.15, 0.2) is 352 Å². The van der Waals surface area contributed by atoms with Crippen molar-refractivity contribution in [2.24, 2.45) is 0 Å². The second-order valence-corrected chi connectivity index (χ2v) is 27.2. The lowest BCUT2D eigenvalue weighted by molar-refractivity contribution is 1.59. The normalized spacial score (nSPS) is 12.3. The third kappa shape index (κ3) is 23.1. The minimum absolute atomic E-state index is 1.16. The largest absolute Gasteiger partial charge is 0.0622 e. The fourth-order valence-electron chi connectivity index (χ4n) is 12.2. The van der Waals surface area contributed by atoms with Crippen LogP contribution in [0.2, 0.25) is 0 Å². The lowest BCUT2D eigenvalue weighted by atomic mass is 10.1. The highest BCUT2D eigenvalue weighted by Gasteiger charge is 2.02. The molecule has 0 bridgehead atoms. The molecule has 14 aromatic rings. The van der Waals surface area contributed by atoms with Crippen LogP contribution in [0.4, 0.5) is 0 Å². The zero-order chi connectivity index (χ0) is 74.4. The third-order valence-corrected chi connectivity index (χ3v) is 18.9. The Hall–Kier alpha value is -14.3. The number of hydrogen-bond acceptors (Lipinski definition) is 0. The van der Waals surface area contributed by atoms with Crippen LogP contribution in [0.25, 0.3) is 158 Å². The predicted octanol–water partition coefficient (Wildman–Crippen LogP) is 29.9. The van der Waals surface area contributed by atoms with Crippen LogP contribution in [-0.2, 0) is 0 Å². The lowest BCUT2D eigenvalue weighted by Crippen LogP contribution is -1.79. The van der Waals surface area contributed by atoms with Crippen LogP contribution >= 0.6 is 0 Å². The van der Waals surface area contributed by atoms with Crippen LogP contribution in [0, 0.1) is 0 Å². The summed E-state index contributed by atoms with van der Waals surface area (Å²) in [5.41, 5.74) is 30.4. The SMILES string of the molecule is C(=C/c1ccc(/C=C/c2ccc(/C=C/c3ccc(/C=C/c4ccc(/C=C/c5ccc(/C=C/c6ccc(/C=C/c7ccc(/C=C/c8ccc(/C=C/c9ccccc9)cc8)cc7)cc6)cc5)cc4)cc3)cc2)cc1)/c1ccc(/C=C/c2ccc(/C=C/c3ccc(/C=C/c4ccc(/C=C/c5ccccc5)cc4)cc3)cc2)cc1. The molecule has 0 unspecified atom stereocenters. The monoisotopic (exact) mass is 1400 g/mol. The number of hydrogen-bond donors (Lipinski definition) is 0. The average Bonchev–Trinajstić information content (AvgIpc) is 0.888. The van der Waals surface area contributed by atoms with E-state index in [1.165, 1.54) is 55.6 Å². The Morgan fingerprint density at radius 1 is 0.0636 bits per heavy atom. The van der Waals surface area contributed by atoms with Crippen molar-refractivity contribution >= 4 is 158 Å². The lowest BCUT2D eigenvalue weighted by Gasteiger charge is -2.00. The summed E-state index contributed by atoms with van der Waals surface area (Å²) in [7, 11) is 0. The predicted molar refractivity (Wildman–Crippen MR) is 486 cm³/mol. The van der Waals surface area contributed by atoms with E-state index >= 15 is 0 Å². The van der Waals surface area contributed by atoms with Gasteiger partial charge in [0, 0.05) is 0 Å². The van der Waals surface area contributed by atoms with Crippen molar-refractivity contribution in [1.29, 1.82) is 0 Å². The van der Waals surface area contributed by atoms with Gasteiger partial charge in [-0.2, -0.15) is 0 Å². The van der Waals surface area contributed by atoms with Gasteiger partial charge in [-0.05, 0) is 145 Å². The van der Waals surface area contributed by atoms with Gasteiger partial charge in [0.2, 0.25) is 0 Å². The van der Waals surface area contributed by atoms with Crippen molar-refractivity contribution in [3.05, 3.63) is 496 Å². The van der Waals surface area contributed by atoms with E-state index in [2.05, 4.69) is 498 Å². The third-order valence-electron chi connectivity index (χ3n) is 18.9. The van der Waals surface area contributed by atoms with Crippen molar-refractivity contribution in [1.82, 2.24) is 0 Å². The first-order chi connectivity index (χ1) is 54.3. The van der Waals surface area contributed by atoms with Gasteiger partial charge in [-0.15, -0.1) is 0 Å². The van der Waals surface area contributed by atoms with E-state index < -0.39 is 0 Å². The molecule has 110 heavy (non-hydrogen) atoms. The van der Waals surface area contributed by atoms with Crippen LogP contribution in [0.3, 0.4) is 0 Å². The van der Waals surface area contributed by atoms with Gasteiger partial charge in [0.25, 0.3) is 0 Å². The Morgan fingerprint density at radius 3 is 0.182 bits per heavy atom. The molecule has 0 amide bonds. The molecular formula is C110H84. The van der Waals surface area contributed by atoms with Crippen molar-refractivity contribution < 1.29 is 0 Å². The molecule has 524 valence electrons. The van der Waals surface area contributed by atoms with E-state index in [4.69, 9.17) is 0 Å². The molecule has 0 fully saturated rings. The molecule has 0 radical (unpaired) electrons. The average molecular weight is 1410 g/mol. The van der Waals surface area contributed by atoms with Gasteiger partial charge in [0.05, 0.1) is 0 Å². The molecule has 0 aliphatic carbocycles. The summed E-state index contributed by atoms with van der Waals surface area (Å²) >= 11 is 0. The molecule has 14 rings (SSSR count). The topological polar surface area (TPSA) is 0 Å². The molecule has 0 atom stereocenters. The van der Waals surface area contributed by atoms with Crippen molar-refractivity contribution in [2.45, 2.75) is 0 Å². The fourth-order valence-corrected chi connectivity index (χ4v) is 12.2. The summed E-state index contributed by atoms with van der Waals surface area (Å²) < 4.78 is 0. The maximum absolute atomic E-state index is 2.17. The minimum Gasteiger partial charge on any atom is -0.0622 e. The molecule has 0 aliphatic rings. The molecular weight excluding hydrogens is 1320 g/mol. The quantitative estimate of drug-likeness (QED) is 0.0474. The van der Waals surface area contributed by atoms with E-state index in [0.29, 0.717) is 0 Å². The molecule has 0 nitrogen and oxygen atoms in total. The first kappa shape index (κ1) is 72.6. The first-order valence-electron chi connectivity index (χ1n) is 37.5. The number of rotatable bonds is 26. The molecule has 0 heterocycles. The molecule has 0 aliphatic heterocycles. The van der Waals surface area contributed by atoms with Gasteiger partial charge in [-0.3, -0.25) is 0 Å². The van der Waals surface area contributed by atoms with Crippen molar-refractivity contribution in [2.75, 3.05) is 0 Å². The van der Waals surface area contributed by atoms with E-state index in [1.54, 1.807) is 0 Å². The highest BCUT2D eigenvalue weighted by molar-refractivity contribution is 5.82. The van der Waals surface area contributed by atoms with E-state index in [9.17, 15) is 0 Å². The smallest absolute Gasteiger partial charge is 0.0256 e. The second-order valence-electron chi connectivity index (χ2n) is 27.2. The summed E-state index contributed by atoms with van der Waals surface area (Å²) in [5.74, 6) is 0. The number of benzene rings is 14. The molecule has 0 aromatic heterocycles. The molecule has 0 saturated carbocycles. The van der Waals surface area contributed by atoms with Crippen molar-refractivity contribution in [3.63, 3.8) is 0 Å². The Bertz CT molecular complexity index is 5310. The molecule has 0 heteroatoms. The van der Waals surface area contributed by atoms with Gasteiger partial charge in [-0.25, -0.2) is 0 Å². The molecule has 0 N–H and O–H groups in total. The summed E-state index contributed by atoms with van der Waals surface area (Å²) in [6.07, 6.45) is 56.2. The van der Waals surface area contributed by atoms with Crippen LogP contribution < -0.4 is 0 Å². The van der Waals surface area contributed by atoms with Crippen LogP contribution in [0.1, 0.15) is 145 Å². The van der Waals surface area contributed by atoms with Gasteiger partial charge in [-0.1, -0.05) is 510 Å². The molecule has 14 aromatic carbocycles. The highest BCUT2D eigenvalue weighted by Crippen LogP contribution is 2.24. The van der Waals surface area contributed by atoms with Gasteiger partial charge < -0.3 is 0 Å². The van der Waals surface area contributed by atoms with Gasteiger partial charge in [0.1, 0.15) is 0 Å². The minimum atomic E-state index is 1.16. The van der Waals surface area contributed by atoms with Crippen LogP contribution in [0.5, 0.6) is 0 Å². The molecule has 0 saturated heterocycles. The maximum Gasteiger partial charge on any atom is -0.0256 e. The summed E-state index contributed by atoms with van der Waals surface area (Å²) in [6, 6.07) is 125. The van der Waals surface area contributed by atoms with Gasteiger partial charge in [0.15, 0.2) is 0 Å². The molecule has 0 spiro atoms. The summed E-state index contributed by atoms with van der Waals surface area (Å²) in [6.45, 7) is 0. The zero-order valence-corrected chi connectivity index (χ0v) is 61.5. The first-order valence-corrected chi connectivity index (χ1v) is 37.5. The Morgan fingerprint density at radius 2 is 0.118 bits per heavy atom. The van der Waals surface area contributed by atoms with E-state index in [1.807, 2.05) is 12.1 Å². The summed E-state index contributed by atoms with van der Waals surface area (Å²) in [5, 5.41) is 0. The Labute approximate surface area is 650 Å². The highest BCUT2D eigenvalue weighted by atomic mass is 14.1.